The Bertz CT molecular complexity index is 575. The Morgan fingerprint density at radius 1 is 1.39 bits per heavy atom. The fraction of sp³-hybridized carbons (Fsp3) is 0.286. The van der Waals surface area contributed by atoms with Gasteiger partial charge in [-0.3, -0.25) is 9.48 Å². The molecule has 0 aliphatic rings. The molecule has 0 unspecified atom stereocenters. The number of aryl methyl sites for hydroxylation is 2. The number of ketones is 1. The van der Waals surface area contributed by atoms with Crippen LogP contribution in [-0.2, 0) is 6.54 Å². The zero-order valence-corrected chi connectivity index (χ0v) is 12.6. The maximum Gasteiger partial charge on any atom is 0.212 e. The highest BCUT2D eigenvalue weighted by atomic mass is 127. The first-order chi connectivity index (χ1) is 8.65. The van der Waals surface area contributed by atoms with Crippen LogP contribution in [0.25, 0.3) is 0 Å². The third kappa shape index (κ3) is 2.48. The van der Waals surface area contributed by atoms with E-state index in [9.17, 15) is 4.79 Å². The summed E-state index contributed by atoms with van der Waals surface area (Å²) in [5, 5.41) is 4.20. The summed E-state index contributed by atoms with van der Waals surface area (Å²) in [5.74, 6) is 0.0500. The summed E-state index contributed by atoms with van der Waals surface area (Å²) in [4.78, 5) is 12.5. The van der Waals surface area contributed by atoms with Crippen LogP contribution in [0, 0.1) is 10.5 Å². The van der Waals surface area contributed by atoms with Crippen LogP contribution in [0.15, 0.2) is 30.5 Å². The van der Waals surface area contributed by atoms with Gasteiger partial charge in [0.2, 0.25) is 5.78 Å². The molecule has 0 aliphatic carbocycles. The molecule has 0 amide bonds. The summed E-state index contributed by atoms with van der Waals surface area (Å²) in [6.07, 6.45) is 2.65. The van der Waals surface area contributed by atoms with E-state index in [1.165, 1.54) is 0 Å². The van der Waals surface area contributed by atoms with Crippen molar-refractivity contribution in [1.29, 1.82) is 0 Å². The largest absolute Gasteiger partial charge is 0.287 e. The molecule has 0 bridgehead atoms. The fourth-order valence-corrected chi connectivity index (χ4v) is 2.48. The quantitative estimate of drug-likeness (QED) is 0.623. The Kier molecular flexibility index (Phi) is 4.16. The summed E-state index contributed by atoms with van der Waals surface area (Å²) >= 11 is 2.23. The van der Waals surface area contributed by atoms with E-state index in [1.807, 2.05) is 25.1 Å². The van der Waals surface area contributed by atoms with Crippen molar-refractivity contribution in [2.45, 2.75) is 26.8 Å². The van der Waals surface area contributed by atoms with E-state index >= 15 is 0 Å². The number of rotatable bonds is 4. The smallest absolute Gasteiger partial charge is 0.212 e. The van der Waals surface area contributed by atoms with Crippen LogP contribution in [0.4, 0.5) is 0 Å². The zero-order valence-electron chi connectivity index (χ0n) is 10.5. The molecule has 3 nitrogen and oxygen atoms in total. The highest BCUT2D eigenvalue weighted by Gasteiger charge is 2.17. The molecule has 0 saturated carbocycles. The molecule has 4 heteroatoms. The van der Waals surface area contributed by atoms with Gasteiger partial charge in [-0.2, -0.15) is 5.10 Å². The zero-order chi connectivity index (χ0) is 13.1. The van der Waals surface area contributed by atoms with E-state index in [4.69, 9.17) is 0 Å². The minimum atomic E-state index is 0.0500. The summed E-state index contributed by atoms with van der Waals surface area (Å²) in [6.45, 7) is 4.87. The lowest BCUT2D eigenvalue weighted by molar-refractivity contribution is 0.102. The fourth-order valence-electron chi connectivity index (χ4n) is 1.88. The van der Waals surface area contributed by atoms with Crippen LogP contribution in [-0.4, -0.2) is 15.6 Å². The van der Waals surface area contributed by atoms with Gasteiger partial charge >= 0.3 is 0 Å². The van der Waals surface area contributed by atoms with E-state index in [0.29, 0.717) is 5.69 Å². The highest BCUT2D eigenvalue weighted by Crippen LogP contribution is 2.20. The molecule has 0 radical (unpaired) electrons. The van der Waals surface area contributed by atoms with Gasteiger partial charge < -0.3 is 0 Å². The number of carbonyl (C=O) groups is 1. The maximum atomic E-state index is 12.5. The van der Waals surface area contributed by atoms with Crippen molar-refractivity contribution in [2.75, 3.05) is 0 Å². The molecule has 1 aromatic heterocycles. The summed E-state index contributed by atoms with van der Waals surface area (Å²) in [6, 6.07) is 7.60. The van der Waals surface area contributed by atoms with Crippen LogP contribution in [0.2, 0.25) is 0 Å². The molecule has 0 aliphatic heterocycles. The van der Waals surface area contributed by atoms with Gasteiger partial charge in [-0.1, -0.05) is 19.1 Å². The maximum absolute atomic E-state index is 12.5. The second-order valence-corrected chi connectivity index (χ2v) is 5.28. The molecule has 0 saturated heterocycles. The Labute approximate surface area is 120 Å². The number of nitrogens with zero attached hydrogens (tertiary/aromatic N) is 2. The first kappa shape index (κ1) is 13.3. The van der Waals surface area contributed by atoms with Crippen molar-refractivity contribution in [2.24, 2.45) is 0 Å². The molecule has 94 valence electrons. The van der Waals surface area contributed by atoms with Crippen LogP contribution in [0.1, 0.15) is 35.0 Å². The summed E-state index contributed by atoms with van der Waals surface area (Å²) in [7, 11) is 0. The Morgan fingerprint density at radius 2 is 2.17 bits per heavy atom. The molecule has 2 aromatic rings. The van der Waals surface area contributed by atoms with E-state index in [2.05, 4.69) is 34.6 Å². The minimum Gasteiger partial charge on any atom is -0.287 e. The van der Waals surface area contributed by atoms with E-state index in [0.717, 1.165) is 27.7 Å². The monoisotopic (exact) mass is 354 g/mol. The van der Waals surface area contributed by atoms with Gasteiger partial charge in [-0.25, -0.2) is 0 Å². The van der Waals surface area contributed by atoms with Crippen molar-refractivity contribution >= 4 is 28.4 Å². The van der Waals surface area contributed by atoms with E-state index in [1.54, 1.807) is 16.9 Å². The number of aromatic nitrogens is 2. The molecule has 0 fully saturated rings. The molecule has 1 heterocycles. The van der Waals surface area contributed by atoms with Crippen molar-refractivity contribution in [3.63, 3.8) is 0 Å². The SMILES string of the molecule is CCCn1nccc1C(=O)c1cccc(C)c1I. The lowest BCUT2D eigenvalue weighted by Crippen LogP contribution is -2.12. The highest BCUT2D eigenvalue weighted by molar-refractivity contribution is 14.1. The lowest BCUT2D eigenvalue weighted by Gasteiger charge is -2.08. The first-order valence-electron chi connectivity index (χ1n) is 5.96. The lowest BCUT2D eigenvalue weighted by atomic mass is 10.1. The van der Waals surface area contributed by atoms with Gasteiger partial charge in [0, 0.05) is 21.9 Å². The van der Waals surface area contributed by atoms with Crippen molar-refractivity contribution in [3.05, 3.63) is 50.9 Å². The molecule has 1 aromatic carbocycles. The standard InChI is InChI=1S/C14H15IN2O/c1-3-9-17-12(7-8-16-17)14(18)11-6-4-5-10(2)13(11)15/h4-8H,3,9H2,1-2H3. The first-order valence-corrected chi connectivity index (χ1v) is 7.04. The average molecular weight is 354 g/mol. The predicted octanol–water partition coefficient (Wildman–Crippen LogP) is 3.44. The Balaban J connectivity index is 2.42. The van der Waals surface area contributed by atoms with Crippen LogP contribution >= 0.6 is 22.6 Å². The molecule has 2 rings (SSSR count). The molecular weight excluding hydrogens is 339 g/mol. The number of hydrogen-bond donors (Lipinski definition) is 0. The normalized spacial score (nSPS) is 10.6. The topological polar surface area (TPSA) is 34.9 Å². The second kappa shape index (κ2) is 5.65. The Hall–Kier alpha value is -1.17. The van der Waals surface area contributed by atoms with Gasteiger partial charge in [0.15, 0.2) is 0 Å². The molecule has 18 heavy (non-hydrogen) atoms. The molecule has 0 spiro atoms. The van der Waals surface area contributed by atoms with Crippen LogP contribution in [0.3, 0.4) is 0 Å². The number of benzene rings is 1. The van der Waals surface area contributed by atoms with Crippen molar-refractivity contribution in [1.82, 2.24) is 9.78 Å². The second-order valence-electron chi connectivity index (χ2n) is 4.21. The van der Waals surface area contributed by atoms with Gasteiger partial charge in [0.25, 0.3) is 0 Å². The molecule has 0 atom stereocenters. The average Bonchev–Trinajstić information content (AvgIpc) is 2.80. The van der Waals surface area contributed by atoms with E-state index < -0.39 is 0 Å². The number of carbonyl (C=O) groups excluding carboxylic acids is 1. The van der Waals surface area contributed by atoms with Crippen LogP contribution < -0.4 is 0 Å². The van der Waals surface area contributed by atoms with Gasteiger partial charge in [0.05, 0.1) is 0 Å². The summed E-state index contributed by atoms with van der Waals surface area (Å²) in [5.41, 5.74) is 2.55. The van der Waals surface area contributed by atoms with Crippen LogP contribution in [0.5, 0.6) is 0 Å². The predicted molar refractivity (Wildman–Crippen MR) is 79.8 cm³/mol. The summed E-state index contributed by atoms with van der Waals surface area (Å²) < 4.78 is 2.80. The number of hydrogen-bond acceptors (Lipinski definition) is 2. The molecular formula is C14H15IN2O. The van der Waals surface area contributed by atoms with Gasteiger partial charge in [-0.05, 0) is 53.6 Å². The minimum absolute atomic E-state index is 0.0500. The Morgan fingerprint density at radius 3 is 2.89 bits per heavy atom. The van der Waals surface area contributed by atoms with Crippen molar-refractivity contribution in [3.8, 4) is 0 Å². The third-order valence-electron chi connectivity index (χ3n) is 2.82. The van der Waals surface area contributed by atoms with Crippen molar-refractivity contribution < 1.29 is 4.79 Å². The van der Waals surface area contributed by atoms with Gasteiger partial charge in [-0.15, -0.1) is 0 Å². The number of halogens is 1. The van der Waals surface area contributed by atoms with E-state index in [-0.39, 0.29) is 5.78 Å². The van der Waals surface area contributed by atoms with Gasteiger partial charge in [0.1, 0.15) is 5.69 Å². The third-order valence-corrected chi connectivity index (χ3v) is 4.25. The molecule has 0 N–H and O–H groups in total.